The lowest BCUT2D eigenvalue weighted by Crippen LogP contribution is -2.70. The molecule has 0 atom stereocenters. The smallest absolute Gasteiger partial charge is 0.331 e. The zero-order chi connectivity index (χ0) is 21.6. The summed E-state index contributed by atoms with van der Waals surface area (Å²) in [4.78, 5) is 0. The first-order valence-electron chi connectivity index (χ1n) is 6.72. The van der Waals surface area contributed by atoms with Gasteiger partial charge in [0.05, 0.1) is 27.7 Å². The van der Waals surface area contributed by atoms with Crippen LogP contribution in [0.2, 0.25) is 0 Å². The van der Waals surface area contributed by atoms with Gasteiger partial charge in [-0.3, -0.25) is 0 Å². The summed E-state index contributed by atoms with van der Waals surface area (Å²) in [7, 11) is 4.13. The second-order valence-electron chi connectivity index (χ2n) is 6.62. The Balaban J connectivity index is 5.85. The highest BCUT2D eigenvalue weighted by atomic mass is 19.4. The molecule has 0 aliphatic heterocycles. The minimum Gasteiger partial charge on any atom is -0.331 e. The van der Waals surface area contributed by atoms with Crippen LogP contribution in [0.1, 0.15) is 12.8 Å². The first kappa shape index (κ1) is 25.1. The summed E-state index contributed by atoms with van der Waals surface area (Å²) in [6, 6.07) is 0. The zero-order valence-corrected chi connectivity index (χ0v) is 13.5. The van der Waals surface area contributed by atoms with Gasteiger partial charge in [-0.25, -0.2) is 0 Å². The van der Waals surface area contributed by atoms with Crippen molar-refractivity contribution in [1.82, 2.24) is 0 Å². The number of hydrogen-bond donors (Lipinski definition) is 0. The molecule has 0 aromatic rings. The molecule has 1 nitrogen and oxygen atoms in total. The molecule has 0 radical (unpaired) electrons. The molecule has 0 rings (SSSR count). The molecule has 0 heterocycles. The van der Waals surface area contributed by atoms with Crippen LogP contribution in [0.15, 0.2) is 0 Å². The van der Waals surface area contributed by atoms with Crippen molar-refractivity contribution in [2.24, 2.45) is 0 Å². The molecule has 26 heavy (non-hydrogen) atoms. The molecule has 0 aromatic carbocycles. The molecule has 0 unspecified atom stereocenters. The average molecular weight is 420 g/mol. The lowest BCUT2D eigenvalue weighted by molar-refractivity contribution is -0.870. The summed E-state index contributed by atoms with van der Waals surface area (Å²) in [5, 5.41) is 0. The van der Waals surface area contributed by atoms with Gasteiger partial charge >= 0.3 is 35.8 Å². The molecular formula is C12H15F13N+. The summed E-state index contributed by atoms with van der Waals surface area (Å²) in [5.41, 5.74) is 0. The van der Waals surface area contributed by atoms with Crippen molar-refractivity contribution >= 4 is 0 Å². The van der Waals surface area contributed by atoms with Crippen molar-refractivity contribution in [3.05, 3.63) is 0 Å². The van der Waals surface area contributed by atoms with E-state index in [2.05, 4.69) is 0 Å². The Labute approximate surface area is 139 Å². The van der Waals surface area contributed by atoms with E-state index < -0.39 is 48.6 Å². The monoisotopic (exact) mass is 420 g/mol. The zero-order valence-electron chi connectivity index (χ0n) is 13.5. The van der Waals surface area contributed by atoms with Crippen LogP contribution in [0.5, 0.6) is 0 Å². The fourth-order valence-electron chi connectivity index (χ4n) is 1.73. The van der Waals surface area contributed by atoms with Crippen LogP contribution in [0, 0.1) is 0 Å². The number of halogens is 13. The van der Waals surface area contributed by atoms with Crippen molar-refractivity contribution < 1.29 is 61.6 Å². The summed E-state index contributed by atoms with van der Waals surface area (Å²) < 4.78 is 166. The SMILES string of the molecule is C[N+](C)(C)CCCC(F)(F)C(F)(F)C(F)(F)C(F)(F)C(F)(F)C(F)(F)F. The van der Waals surface area contributed by atoms with Crippen molar-refractivity contribution in [2.45, 2.75) is 48.6 Å². The maximum Gasteiger partial charge on any atom is 0.460 e. The molecule has 0 amide bonds. The van der Waals surface area contributed by atoms with Crippen LogP contribution >= 0.6 is 0 Å². The molecular weight excluding hydrogens is 405 g/mol. The van der Waals surface area contributed by atoms with Crippen molar-refractivity contribution in [2.75, 3.05) is 27.7 Å². The highest BCUT2D eigenvalue weighted by Crippen LogP contribution is 2.60. The minimum atomic E-state index is -7.83. The largest absolute Gasteiger partial charge is 0.460 e. The number of nitrogens with zero attached hydrogens (tertiary/aromatic N) is 1. The van der Waals surface area contributed by atoms with Crippen molar-refractivity contribution in [3.8, 4) is 0 Å². The van der Waals surface area contributed by atoms with E-state index in [1.165, 1.54) is 21.1 Å². The third kappa shape index (κ3) is 4.14. The Bertz CT molecular complexity index is 486. The van der Waals surface area contributed by atoms with E-state index >= 15 is 0 Å². The lowest BCUT2D eigenvalue weighted by atomic mass is 9.92. The Morgan fingerprint density at radius 1 is 0.538 bits per heavy atom. The maximum atomic E-state index is 13.4. The van der Waals surface area contributed by atoms with E-state index in [9.17, 15) is 57.1 Å². The van der Waals surface area contributed by atoms with Gasteiger partial charge in [0, 0.05) is 12.8 Å². The second kappa shape index (κ2) is 6.59. The van der Waals surface area contributed by atoms with Gasteiger partial charge in [-0.05, 0) is 0 Å². The first-order valence-corrected chi connectivity index (χ1v) is 6.72. The lowest BCUT2D eigenvalue weighted by Gasteiger charge is -2.39. The predicted molar refractivity (Wildman–Crippen MR) is 62.9 cm³/mol. The molecule has 0 saturated carbocycles. The van der Waals surface area contributed by atoms with Crippen LogP contribution in [-0.2, 0) is 0 Å². The van der Waals surface area contributed by atoms with Gasteiger partial charge in [0.15, 0.2) is 0 Å². The summed E-state index contributed by atoms with van der Waals surface area (Å²) in [6.07, 6.45) is -10.4. The fourth-order valence-corrected chi connectivity index (χ4v) is 1.73. The number of rotatable bonds is 8. The van der Waals surface area contributed by atoms with E-state index in [-0.39, 0.29) is 11.0 Å². The molecule has 0 N–H and O–H groups in total. The van der Waals surface area contributed by atoms with Crippen LogP contribution in [0.4, 0.5) is 57.1 Å². The Hall–Kier alpha value is -0.950. The predicted octanol–water partition coefficient (Wildman–Crippen LogP) is 5.21. The van der Waals surface area contributed by atoms with Gasteiger partial charge in [-0.15, -0.1) is 0 Å². The van der Waals surface area contributed by atoms with E-state index in [0.717, 1.165) is 0 Å². The molecule has 0 aliphatic rings. The average Bonchev–Trinajstić information content (AvgIpc) is 2.34. The van der Waals surface area contributed by atoms with Gasteiger partial charge in [0.2, 0.25) is 0 Å². The fraction of sp³-hybridized carbons (Fsp3) is 1.00. The molecule has 0 saturated heterocycles. The van der Waals surface area contributed by atoms with Crippen molar-refractivity contribution in [3.63, 3.8) is 0 Å². The molecule has 158 valence electrons. The molecule has 14 heteroatoms. The van der Waals surface area contributed by atoms with Crippen molar-refractivity contribution in [1.29, 1.82) is 0 Å². The van der Waals surface area contributed by atoms with Gasteiger partial charge in [-0.2, -0.15) is 57.1 Å². The second-order valence-corrected chi connectivity index (χ2v) is 6.62. The van der Waals surface area contributed by atoms with E-state index in [4.69, 9.17) is 0 Å². The van der Waals surface area contributed by atoms with Gasteiger partial charge < -0.3 is 4.48 Å². The topological polar surface area (TPSA) is 0 Å². The maximum absolute atomic E-state index is 13.4. The van der Waals surface area contributed by atoms with Crippen LogP contribution in [0.25, 0.3) is 0 Å². The van der Waals surface area contributed by atoms with E-state index in [0.29, 0.717) is 0 Å². The van der Waals surface area contributed by atoms with Crippen LogP contribution in [-0.4, -0.2) is 68.0 Å². The molecule has 0 fully saturated rings. The van der Waals surface area contributed by atoms with Crippen LogP contribution in [0.3, 0.4) is 0 Å². The normalized spacial score (nSPS) is 16.2. The standard InChI is InChI=1S/C12H15F13N/c1-26(2,3)6-4-5-7(13,14)8(15,16)9(17,18)10(19,20)11(21,22)12(23,24)25/h4-6H2,1-3H3/q+1. The number of quaternary nitrogens is 1. The third-order valence-corrected chi connectivity index (χ3v) is 3.32. The van der Waals surface area contributed by atoms with E-state index in [1.54, 1.807) is 0 Å². The van der Waals surface area contributed by atoms with Gasteiger partial charge in [0.25, 0.3) is 0 Å². The van der Waals surface area contributed by atoms with Gasteiger partial charge in [-0.1, -0.05) is 0 Å². The Morgan fingerprint density at radius 2 is 0.885 bits per heavy atom. The molecule has 0 aromatic heterocycles. The highest BCUT2D eigenvalue weighted by Gasteiger charge is 2.90. The first-order chi connectivity index (χ1) is 11.0. The number of alkyl halides is 13. The minimum absolute atomic E-state index is 0.125. The molecule has 0 aliphatic carbocycles. The quantitative estimate of drug-likeness (QED) is 0.374. The number of hydrogen-bond acceptors (Lipinski definition) is 0. The third-order valence-electron chi connectivity index (χ3n) is 3.32. The molecule has 0 bridgehead atoms. The highest BCUT2D eigenvalue weighted by molar-refractivity contribution is 5.10. The molecule has 0 spiro atoms. The van der Waals surface area contributed by atoms with E-state index in [1.807, 2.05) is 0 Å². The summed E-state index contributed by atoms with van der Waals surface area (Å²) in [6.45, 7) is -0.327. The summed E-state index contributed by atoms with van der Waals surface area (Å²) >= 11 is 0. The Morgan fingerprint density at radius 3 is 1.19 bits per heavy atom. The van der Waals surface area contributed by atoms with Gasteiger partial charge in [0.1, 0.15) is 0 Å². The summed E-state index contributed by atoms with van der Waals surface area (Å²) in [5.74, 6) is -36.4. The Kier molecular flexibility index (Phi) is 6.34. The van der Waals surface area contributed by atoms with Crippen LogP contribution < -0.4 is 0 Å².